The van der Waals surface area contributed by atoms with Gasteiger partial charge in [0.1, 0.15) is 0 Å². The van der Waals surface area contributed by atoms with Crippen molar-refractivity contribution in [2.75, 3.05) is 0 Å². The molecular formula is C12H18. The Kier molecular flexibility index (Phi) is 2.27. The standard InChI is InChI=1S/C12H18/c1-5-12(11(2,3)4)9-7-6-8-10-12/h5,7-10H,1,6H2,2-4H3. The van der Waals surface area contributed by atoms with E-state index in [2.05, 4.69) is 51.7 Å². The molecule has 0 heterocycles. The predicted octanol–water partition coefficient (Wildman–Crippen LogP) is 3.72. The van der Waals surface area contributed by atoms with Crippen LogP contribution >= 0.6 is 0 Å². The summed E-state index contributed by atoms with van der Waals surface area (Å²) < 4.78 is 0. The SMILES string of the molecule is C=CC1(C(C)(C)C)C=CCC=C1. The van der Waals surface area contributed by atoms with Gasteiger partial charge in [0.05, 0.1) is 0 Å². The van der Waals surface area contributed by atoms with E-state index in [1.165, 1.54) is 0 Å². The topological polar surface area (TPSA) is 0 Å². The summed E-state index contributed by atoms with van der Waals surface area (Å²) in [7, 11) is 0. The maximum absolute atomic E-state index is 3.92. The Morgan fingerprint density at radius 1 is 1.25 bits per heavy atom. The molecule has 0 spiro atoms. The molecule has 0 aromatic heterocycles. The van der Waals surface area contributed by atoms with Gasteiger partial charge in [-0.2, -0.15) is 0 Å². The molecule has 0 aromatic rings. The van der Waals surface area contributed by atoms with Crippen molar-refractivity contribution < 1.29 is 0 Å². The van der Waals surface area contributed by atoms with E-state index in [-0.39, 0.29) is 10.8 Å². The van der Waals surface area contributed by atoms with E-state index in [1.807, 2.05) is 6.08 Å². The summed E-state index contributed by atoms with van der Waals surface area (Å²) in [5.74, 6) is 0. The second kappa shape index (κ2) is 2.93. The van der Waals surface area contributed by atoms with E-state index >= 15 is 0 Å². The monoisotopic (exact) mass is 162 g/mol. The van der Waals surface area contributed by atoms with Gasteiger partial charge >= 0.3 is 0 Å². The highest BCUT2D eigenvalue weighted by molar-refractivity contribution is 5.27. The molecule has 1 aliphatic carbocycles. The maximum Gasteiger partial charge on any atom is 0.0288 e. The second-order valence-electron chi connectivity index (χ2n) is 4.43. The molecule has 66 valence electrons. The summed E-state index contributed by atoms with van der Waals surface area (Å²) in [6.45, 7) is 10.7. The molecule has 0 amide bonds. The van der Waals surface area contributed by atoms with E-state index < -0.39 is 0 Å². The molecule has 0 nitrogen and oxygen atoms in total. The van der Waals surface area contributed by atoms with E-state index in [9.17, 15) is 0 Å². The first kappa shape index (κ1) is 9.31. The van der Waals surface area contributed by atoms with Crippen LogP contribution in [-0.4, -0.2) is 0 Å². The minimum absolute atomic E-state index is 0.0608. The van der Waals surface area contributed by atoms with Gasteiger partial charge in [-0.05, 0) is 11.8 Å². The van der Waals surface area contributed by atoms with Gasteiger partial charge in [-0.1, -0.05) is 51.2 Å². The Balaban J connectivity index is 3.05. The first-order valence-corrected chi connectivity index (χ1v) is 4.51. The highest BCUT2D eigenvalue weighted by Crippen LogP contribution is 2.43. The minimum Gasteiger partial charge on any atom is -0.102 e. The average molecular weight is 162 g/mol. The highest BCUT2D eigenvalue weighted by atomic mass is 14.4. The fraction of sp³-hybridized carbons (Fsp3) is 0.500. The Hall–Kier alpha value is -0.780. The molecule has 0 N–H and O–H groups in total. The van der Waals surface area contributed by atoms with Gasteiger partial charge in [-0.25, -0.2) is 0 Å². The van der Waals surface area contributed by atoms with Crippen LogP contribution in [0.4, 0.5) is 0 Å². The van der Waals surface area contributed by atoms with Crippen LogP contribution in [0.3, 0.4) is 0 Å². The highest BCUT2D eigenvalue weighted by Gasteiger charge is 2.34. The van der Waals surface area contributed by atoms with Crippen molar-refractivity contribution in [3.05, 3.63) is 37.0 Å². The third kappa shape index (κ3) is 1.38. The van der Waals surface area contributed by atoms with Crippen LogP contribution in [0.1, 0.15) is 27.2 Å². The average Bonchev–Trinajstić information content (AvgIpc) is 2.04. The summed E-state index contributed by atoms with van der Waals surface area (Å²) in [6.07, 6.45) is 12.1. The molecule has 0 fully saturated rings. The van der Waals surface area contributed by atoms with E-state index in [0.717, 1.165) is 6.42 Å². The first-order chi connectivity index (χ1) is 5.52. The summed E-state index contributed by atoms with van der Waals surface area (Å²) in [4.78, 5) is 0. The van der Waals surface area contributed by atoms with Gasteiger partial charge < -0.3 is 0 Å². The Labute approximate surface area is 75.7 Å². The molecule has 0 radical (unpaired) electrons. The molecule has 0 saturated carbocycles. The zero-order chi connectivity index (χ0) is 9.24. The van der Waals surface area contributed by atoms with Crippen molar-refractivity contribution in [2.45, 2.75) is 27.2 Å². The van der Waals surface area contributed by atoms with E-state index in [4.69, 9.17) is 0 Å². The van der Waals surface area contributed by atoms with Crippen LogP contribution in [0.2, 0.25) is 0 Å². The fourth-order valence-corrected chi connectivity index (χ4v) is 1.60. The molecule has 0 aromatic carbocycles. The van der Waals surface area contributed by atoms with Gasteiger partial charge in [0.15, 0.2) is 0 Å². The molecular weight excluding hydrogens is 144 g/mol. The number of allylic oxidation sites excluding steroid dienone is 5. The van der Waals surface area contributed by atoms with Gasteiger partial charge in [0.2, 0.25) is 0 Å². The normalized spacial score (nSPS) is 20.9. The van der Waals surface area contributed by atoms with Gasteiger partial charge in [-0.15, -0.1) is 6.58 Å². The molecule has 0 aliphatic heterocycles. The molecule has 0 bridgehead atoms. The summed E-state index contributed by atoms with van der Waals surface area (Å²) in [5.41, 5.74) is 0.285. The number of rotatable bonds is 1. The Morgan fingerprint density at radius 3 is 2.00 bits per heavy atom. The molecule has 12 heavy (non-hydrogen) atoms. The number of hydrogen-bond acceptors (Lipinski definition) is 0. The molecule has 0 unspecified atom stereocenters. The van der Waals surface area contributed by atoms with Crippen LogP contribution in [0, 0.1) is 10.8 Å². The lowest BCUT2D eigenvalue weighted by atomic mass is 9.65. The largest absolute Gasteiger partial charge is 0.102 e. The fourth-order valence-electron chi connectivity index (χ4n) is 1.60. The zero-order valence-corrected chi connectivity index (χ0v) is 8.30. The second-order valence-corrected chi connectivity index (χ2v) is 4.43. The van der Waals surface area contributed by atoms with Crippen molar-refractivity contribution in [3.63, 3.8) is 0 Å². The molecule has 0 saturated heterocycles. The molecule has 0 heteroatoms. The summed E-state index contributed by atoms with van der Waals surface area (Å²) in [6, 6.07) is 0. The van der Waals surface area contributed by atoms with E-state index in [0.29, 0.717) is 0 Å². The molecule has 1 aliphatic rings. The number of hydrogen-bond donors (Lipinski definition) is 0. The maximum atomic E-state index is 3.92. The first-order valence-electron chi connectivity index (χ1n) is 4.51. The van der Waals surface area contributed by atoms with Crippen molar-refractivity contribution in [1.29, 1.82) is 0 Å². The lowest BCUT2D eigenvalue weighted by Gasteiger charge is -2.39. The Morgan fingerprint density at radius 2 is 1.75 bits per heavy atom. The summed E-state index contributed by atoms with van der Waals surface area (Å²) >= 11 is 0. The molecule has 1 rings (SSSR count). The predicted molar refractivity (Wildman–Crippen MR) is 55.0 cm³/mol. The van der Waals surface area contributed by atoms with Crippen LogP contribution in [0.5, 0.6) is 0 Å². The van der Waals surface area contributed by atoms with Crippen LogP contribution < -0.4 is 0 Å². The van der Waals surface area contributed by atoms with Gasteiger partial charge in [0, 0.05) is 5.41 Å². The van der Waals surface area contributed by atoms with Crippen molar-refractivity contribution >= 4 is 0 Å². The van der Waals surface area contributed by atoms with Gasteiger partial charge in [0.25, 0.3) is 0 Å². The lowest BCUT2D eigenvalue weighted by molar-refractivity contribution is 0.260. The van der Waals surface area contributed by atoms with Gasteiger partial charge in [-0.3, -0.25) is 0 Å². The van der Waals surface area contributed by atoms with Crippen LogP contribution in [0.25, 0.3) is 0 Å². The Bertz CT molecular complexity index is 211. The lowest BCUT2D eigenvalue weighted by Crippen LogP contribution is -2.30. The summed E-state index contributed by atoms with van der Waals surface area (Å²) in [5, 5.41) is 0. The van der Waals surface area contributed by atoms with E-state index in [1.54, 1.807) is 0 Å². The van der Waals surface area contributed by atoms with Crippen molar-refractivity contribution in [3.8, 4) is 0 Å². The third-order valence-corrected chi connectivity index (χ3v) is 2.70. The van der Waals surface area contributed by atoms with Crippen molar-refractivity contribution in [2.24, 2.45) is 10.8 Å². The quantitative estimate of drug-likeness (QED) is 0.515. The zero-order valence-electron chi connectivity index (χ0n) is 8.30. The smallest absolute Gasteiger partial charge is 0.0288 e. The third-order valence-electron chi connectivity index (χ3n) is 2.70. The van der Waals surface area contributed by atoms with Crippen LogP contribution in [0.15, 0.2) is 37.0 Å². The molecule has 0 atom stereocenters. The van der Waals surface area contributed by atoms with Crippen molar-refractivity contribution in [1.82, 2.24) is 0 Å². The minimum atomic E-state index is 0.0608. The van der Waals surface area contributed by atoms with Crippen LogP contribution in [-0.2, 0) is 0 Å².